The Hall–Kier alpha value is -2.73. The van der Waals surface area contributed by atoms with Crippen LogP contribution in [-0.2, 0) is 4.74 Å². The molecule has 7 heteroatoms. The van der Waals surface area contributed by atoms with Gasteiger partial charge in [-0.2, -0.15) is 0 Å². The molecule has 0 radical (unpaired) electrons. The van der Waals surface area contributed by atoms with E-state index in [1.165, 1.54) is 5.56 Å². The largest absolute Gasteiger partial charge is 0.444 e. The molecule has 1 fully saturated rings. The zero-order valence-corrected chi connectivity index (χ0v) is 19.7. The number of nitrogens with one attached hydrogen (secondary N) is 2. The summed E-state index contributed by atoms with van der Waals surface area (Å²) in [6, 6.07) is 15.4. The van der Waals surface area contributed by atoms with E-state index >= 15 is 0 Å². The number of amides is 1. The van der Waals surface area contributed by atoms with Crippen molar-refractivity contribution in [3.63, 3.8) is 0 Å². The molecule has 3 N–H and O–H groups in total. The van der Waals surface area contributed by atoms with Gasteiger partial charge in [-0.05, 0) is 94.2 Å². The summed E-state index contributed by atoms with van der Waals surface area (Å²) in [6.07, 6.45) is 4.56. The smallest absolute Gasteiger partial charge is 0.412 e. The molecule has 172 valence electrons. The van der Waals surface area contributed by atoms with Crippen molar-refractivity contribution in [1.82, 2.24) is 0 Å². The minimum absolute atomic E-state index is 0.446. The van der Waals surface area contributed by atoms with Crippen LogP contribution >= 0.6 is 11.6 Å². The van der Waals surface area contributed by atoms with Gasteiger partial charge >= 0.3 is 6.09 Å². The van der Waals surface area contributed by atoms with Gasteiger partial charge < -0.3 is 15.3 Å². The highest BCUT2D eigenvalue weighted by atomic mass is 35.5. The van der Waals surface area contributed by atoms with Crippen molar-refractivity contribution in [2.45, 2.75) is 64.4 Å². The predicted molar refractivity (Wildman–Crippen MR) is 130 cm³/mol. The molecule has 1 aliphatic carbocycles. The number of nitrogens with zero attached hydrogens (tertiary/aromatic N) is 1. The van der Waals surface area contributed by atoms with Crippen LogP contribution in [0.5, 0.6) is 0 Å². The first-order chi connectivity index (χ1) is 15.2. The topological polar surface area (TPSA) is 83.0 Å². The number of halogens is 1. The third-order valence-corrected chi connectivity index (χ3v) is 5.83. The molecule has 0 bridgehead atoms. The lowest BCUT2D eigenvalue weighted by molar-refractivity contribution is 0.0636. The van der Waals surface area contributed by atoms with Crippen LogP contribution in [0.2, 0.25) is 5.02 Å². The van der Waals surface area contributed by atoms with Crippen molar-refractivity contribution < 1.29 is 14.7 Å². The molecule has 0 aliphatic heterocycles. The van der Waals surface area contributed by atoms with Gasteiger partial charge in [-0.1, -0.05) is 35.0 Å². The van der Waals surface area contributed by atoms with E-state index in [1.807, 2.05) is 57.2 Å². The number of ether oxygens (including phenoxy) is 1. The van der Waals surface area contributed by atoms with Gasteiger partial charge in [-0.3, -0.25) is 5.32 Å². The Morgan fingerprint density at radius 1 is 1.06 bits per heavy atom. The van der Waals surface area contributed by atoms with Gasteiger partial charge in [0.05, 0.1) is 0 Å². The molecule has 0 unspecified atom stereocenters. The summed E-state index contributed by atoms with van der Waals surface area (Å²) < 4.78 is 5.29. The zero-order valence-electron chi connectivity index (χ0n) is 18.9. The average molecular weight is 458 g/mol. The number of benzene rings is 2. The maximum atomic E-state index is 11.9. The van der Waals surface area contributed by atoms with E-state index in [9.17, 15) is 10.0 Å². The molecule has 1 aliphatic rings. The quantitative estimate of drug-likeness (QED) is 0.191. The Morgan fingerprint density at radius 2 is 1.75 bits per heavy atom. The summed E-state index contributed by atoms with van der Waals surface area (Å²) >= 11 is 6.03. The average Bonchev–Trinajstić information content (AvgIpc) is 2.73. The number of anilines is 2. The molecule has 0 heterocycles. The standard InChI is InChI=1S/C25H32ClN3O3/c1-25(2,3)32-24(30)28-21-13-11-19(12-14-21)18-9-7-17(8-10-18)15-23(29-31)27-22-6-4-5-20(26)16-22/h4-6,11-14,16-18,31H,7-10,15H2,1-3H3,(H,27,29)(H,28,30)/t17-,18+. The van der Waals surface area contributed by atoms with Crippen LogP contribution in [0.3, 0.4) is 0 Å². The molecule has 6 nitrogen and oxygen atoms in total. The van der Waals surface area contributed by atoms with Crippen LogP contribution in [0.15, 0.2) is 53.7 Å². The first-order valence-electron chi connectivity index (χ1n) is 11.1. The van der Waals surface area contributed by atoms with Crippen molar-refractivity contribution in [3.05, 3.63) is 59.1 Å². The fourth-order valence-corrected chi connectivity index (χ4v) is 4.27. The molecule has 32 heavy (non-hydrogen) atoms. The number of rotatable bonds is 5. The van der Waals surface area contributed by atoms with Crippen molar-refractivity contribution in [2.75, 3.05) is 10.6 Å². The molecule has 2 aromatic carbocycles. The lowest BCUT2D eigenvalue weighted by Gasteiger charge is -2.29. The first-order valence-corrected chi connectivity index (χ1v) is 11.4. The molecule has 1 amide bonds. The lowest BCUT2D eigenvalue weighted by atomic mass is 9.77. The van der Waals surface area contributed by atoms with Crippen molar-refractivity contribution >= 4 is 34.9 Å². The van der Waals surface area contributed by atoms with Crippen molar-refractivity contribution in [2.24, 2.45) is 11.1 Å². The van der Waals surface area contributed by atoms with E-state index in [2.05, 4.69) is 27.9 Å². The molecule has 0 saturated heterocycles. The fraction of sp³-hybridized carbons (Fsp3) is 0.440. The van der Waals surface area contributed by atoms with Gasteiger partial charge in [0, 0.05) is 22.8 Å². The molecular formula is C25H32ClN3O3. The van der Waals surface area contributed by atoms with E-state index in [0.717, 1.165) is 37.1 Å². The number of oxime groups is 1. The third kappa shape index (κ3) is 7.45. The monoisotopic (exact) mass is 457 g/mol. The number of carbonyl (C=O) groups is 1. The van der Waals surface area contributed by atoms with Crippen LogP contribution in [0.4, 0.5) is 16.2 Å². The molecule has 0 atom stereocenters. The van der Waals surface area contributed by atoms with Gasteiger partial charge in [0.25, 0.3) is 0 Å². The second kappa shape index (κ2) is 10.7. The van der Waals surface area contributed by atoms with Gasteiger partial charge in [-0.25, -0.2) is 4.79 Å². The number of amidine groups is 1. The van der Waals surface area contributed by atoms with Crippen LogP contribution < -0.4 is 10.6 Å². The highest BCUT2D eigenvalue weighted by Crippen LogP contribution is 2.37. The van der Waals surface area contributed by atoms with Crippen LogP contribution in [0.25, 0.3) is 0 Å². The summed E-state index contributed by atoms with van der Waals surface area (Å²) in [6.45, 7) is 5.53. The summed E-state index contributed by atoms with van der Waals surface area (Å²) in [5, 5.41) is 19.5. The first kappa shape index (κ1) is 23.9. The Balaban J connectivity index is 1.48. The van der Waals surface area contributed by atoms with E-state index in [1.54, 1.807) is 0 Å². The third-order valence-electron chi connectivity index (χ3n) is 5.59. The minimum Gasteiger partial charge on any atom is -0.444 e. The lowest BCUT2D eigenvalue weighted by Crippen LogP contribution is -2.27. The van der Waals surface area contributed by atoms with E-state index in [4.69, 9.17) is 16.3 Å². The number of hydrogen-bond acceptors (Lipinski definition) is 4. The maximum absolute atomic E-state index is 11.9. The van der Waals surface area contributed by atoms with Gasteiger partial charge in [0.2, 0.25) is 0 Å². The van der Waals surface area contributed by atoms with Crippen molar-refractivity contribution in [3.8, 4) is 0 Å². The van der Waals surface area contributed by atoms with E-state index in [0.29, 0.717) is 29.1 Å². The SMILES string of the molecule is CC(C)(C)OC(=O)Nc1ccc([C@H]2CC[C@@H](C/C(=N/O)Nc3cccc(Cl)c3)CC2)cc1. The summed E-state index contributed by atoms with van der Waals surface area (Å²) in [4.78, 5) is 11.9. The summed E-state index contributed by atoms with van der Waals surface area (Å²) in [7, 11) is 0. The van der Waals surface area contributed by atoms with Crippen LogP contribution in [0.1, 0.15) is 64.4 Å². The Morgan fingerprint density at radius 3 is 2.34 bits per heavy atom. The zero-order chi connectivity index (χ0) is 23.1. The summed E-state index contributed by atoms with van der Waals surface area (Å²) in [5.41, 5.74) is 2.31. The van der Waals surface area contributed by atoms with E-state index < -0.39 is 11.7 Å². The predicted octanol–water partition coefficient (Wildman–Crippen LogP) is 7.25. The molecule has 0 spiro atoms. The minimum atomic E-state index is -0.521. The Bertz CT molecular complexity index is 930. The van der Waals surface area contributed by atoms with Gasteiger partial charge in [0.15, 0.2) is 0 Å². The van der Waals surface area contributed by atoms with Gasteiger partial charge in [0.1, 0.15) is 11.4 Å². The molecule has 2 aromatic rings. The molecule has 1 saturated carbocycles. The van der Waals surface area contributed by atoms with Gasteiger partial charge in [-0.15, -0.1) is 0 Å². The molecule has 0 aromatic heterocycles. The van der Waals surface area contributed by atoms with Crippen LogP contribution in [-0.4, -0.2) is 22.7 Å². The highest BCUT2D eigenvalue weighted by Gasteiger charge is 2.24. The summed E-state index contributed by atoms with van der Waals surface area (Å²) in [5.74, 6) is 1.53. The normalized spacial score (nSPS) is 19.3. The Labute approximate surface area is 195 Å². The number of hydrogen-bond donors (Lipinski definition) is 3. The fourth-order valence-electron chi connectivity index (χ4n) is 4.08. The van der Waals surface area contributed by atoms with Crippen LogP contribution in [0, 0.1) is 5.92 Å². The Kier molecular flexibility index (Phi) is 8.02. The highest BCUT2D eigenvalue weighted by molar-refractivity contribution is 6.30. The van der Waals surface area contributed by atoms with E-state index in [-0.39, 0.29) is 0 Å². The number of carbonyl (C=O) groups excluding carboxylic acids is 1. The van der Waals surface area contributed by atoms with Crippen molar-refractivity contribution in [1.29, 1.82) is 0 Å². The maximum Gasteiger partial charge on any atom is 0.412 e. The second-order valence-electron chi connectivity index (χ2n) is 9.35. The molecule has 3 rings (SSSR count). The molecular weight excluding hydrogens is 426 g/mol. The second-order valence-corrected chi connectivity index (χ2v) is 9.79.